The first kappa shape index (κ1) is 19.1. The topological polar surface area (TPSA) is 38.8 Å². The molecule has 0 amide bonds. The first-order valence-electron chi connectivity index (χ1n) is 9.99. The lowest BCUT2D eigenvalue weighted by atomic mass is 9.54. The van der Waals surface area contributed by atoms with Gasteiger partial charge in [0.2, 0.25) is 0 Å². The highest BCUT2D eigenvalue weighted by Gasteiger charge is 2.62. The third-order valence-electron chi connectivity index (χ3n) is 8.03. The molecular formula is C22H30ClNO3. The van der Waals surface area contributed by atoms with Crippen LogP contribution in [0.15, 0.2) is 0 Å². The molecular weight excluding hydrogens is 362 g/mol. The maximum Gasteiger partial charge on any atom is 0.254 e. The van der Waals surface area contributed by atoms with Crippen molar-refractivity contribution in [2.24, 2.45) is 5.41 Å². The van der Waals surface area contributed by atoms with Crippen LogP contribution in [0.25, 0.3) is 0 Å². The van der Waals surface area contributed by atoms with Crippen LogP contribution >= 0.6 is 11.6 Å². The van der Waals surface area contributed by atoms with Gasteiger partial charge in [0.25, 0.3) is 5.79 Å². The number of carbonyl (C=O) groups excluding carboxylic acids is 1. The average molecular weight is 392 g/mol. The molecule has 1 aromatic carbocycles. The molecule has 3 saturated carbocycles. The summed E-state index contributed by atoms with van der Waals surface area (Å²) in [6, 6.07) is 0. The summed E-state index contributed by atoms with van der Waals surface area (Å²) in [4.78, 5) is 13.5. The Morgan fingerprint density at radius 2 is 1.56 bits per heavy atom. The molecule has 3 fully saturated rings. The summed E-state index contributed by atoms with van der Waals surface area (Å²) in [7, 11) is 4.41. The largest absolute Gasteiger partial charge is 0.448 e. The number of carbonyl (C=O) groups is 1. The lowest BCUT2D eigenvalue weighted by Gasteiger charge is -2.59. The summed E-state index contributed by atoms with van der Waals surface area (Å²) in [6.45, 7) is 6.13. The number of nitrogens with zero attached hydrogens (tertiary/aromatic N) is 1. The van der Waals surface area contributed by atoms with Gasteiger partial charge in [0.05, 0.1) is 5.02 Å². The molecule has 4 nitrogen and oxygen atoms in total. The quantitative estimate of drug-likeness (QED) is 0.688. The smallest absolute Gasteiger partial charge is 0.254 e. The average Bonchev–Trinajstić information content (AvgIpc) is 3.05. The van der Waals surface area contributed by atoms with Gasteiger partial charge in [-0.25, -0.2) is 0 Å². The lowest BCUT2D eigenvalue weighted by Crippen LogP contribution is -2.62. The molecule has 1 atom stereocenters. The molecule has 5 heteroatoms. The Morgan fingerprint density at radius 3 is 2.07 bits per heavy atom. The summed E-state index contributed by atoms with van der Waals surface area (Å²) >= 11 is 6.67. The van der Waals surface area contributed by atoms with Crippen LogP contribution in [-0.2, 0) is 11.2 Å². The predicted octanol–water partition coefficient (Wildman–Crippen LogP) is 4.84. The maximum atomic E-state index is 11.1. The van der Waals surface area contributed by atoms with Gasteiger partial charge < -0.3 is 19.2 Å². The zero-order chi connectivity index (χ0) is 19.6. The number of halogens is 1. The van der Waals surface area contributed by atoms with Crippen molar-refractivity contribution >= 4 is 17.9 Å². The fourth-order valence-electron chi connectivity index (χ4n) is 5.65. The number of hydrogen-bond donors (Lipinski definition) is 0. The summed E-state index contributed by atoms with van der Waals surface area (Å²) in [5, 5.41) is 0.537. The number of rotatable bonds is 4. The van der Waals surface area contributed by atoms with Crippen LogP contribution in [0.3, 0.4) is 0 Å². The van der Waals surface area contributed by atoms with Crippen LogP contribution in [0.4, 0.5) is 0 Å². The second-order valence-electron chi connectivity index (χ2n) is 9.12. The Morgan fingerprint density at radius 1 is 1.00 bits per heavy atom. The van der Waals surface area contributed by atoms with Crippen LogP contribution < -0.4 is 9.47 Å². The second-order valence-corrected chi connectivity index (χ2v) is 9.50. The fourth-order valence-corrected chi connectivity index (χ4v) is 6.00. The molecule has 148 valence electrons. The maximum absolute atomic E-state index is 11.1. The van der Waals surface area contributed by atoms with Crippen molar-refractivity contribution in [2.45, 2.75) is 77.0 Å². The Kier molecular flexibility index (Phi) is 4.32. The first-order valence-corrected chi connectivity index (χ1v) is 10.4. The predicted molar refractivity (Wildman–Crippen MR) is 107 cm³/mol. The zero-order valence-electron chi connectivity index (χ0n) is 17.1. The van der Waals surface area contributed by atoms with Gasteiger partial charge in [0, 0.05) is 24.3 Å². The SMILES string of the molecule is Cc1c(C)c2c(c(Cl)c1CC=O)OC(C)(C13CCC(N(C)C)(CC1)CC3)O2. The van der Waals surface area contributed by atoms with E-state index >= 15 is 0 Å². The Labute approximate surface area is 167 Å². The molecule has 4 aliphatic rings. The zero-order valence-corrected chi connectivity index (χ0v) is 17.8. The summed E-state index contributed by atoms with van der Waals surface area (Å²) in [5.74, 6) is 0.692. The molecule has 2 bridgehead atoms. The standard InChI is InChI=1S/C22H30ClNO3/c1-14-15(2)18-19(17(23)16(14)6-13-25)27-20(3,26-18)21-7-10-22(11-8-21,12-9-21)24(4)5/h13H,6-12H2,1-5H3. The molecule has 1 unspecified atom stereocenters. The van der Waals surface area contributed by atoms with Gasteiger partial charge >= 0.3 is 0 Å². The number of ether oxygens (including phenoxy) is 2. The van der Waals surface area contributed by atoms with E-state index in [0.29, 0.717) is 22.7 Å². The van der Waals surface area contributed by atoms with E-state index in [-0.39, 0.29) is 5.41 Å². The minimum absolute atomic E-state index is 0.0122. The van der Waals surface area contributed by atoms with E-state index in [4.69, 9.17) is 21.1 Å². The number of hydrogen-bond acceptors (Lipinski definition) is 4. The van der Waals surface area contributed by atoms with Crippen LogP contribution in [-0.4, -0.2) is 36.6 Å². The summed E-state index contributed by atoms with van der Waals surface area (Å²) in [5.41, 5.74) is 3.26. The molecule has 0 radical (unpaired) electrons. The van der Waals surface area contributed by atoms with Gasteiger partial charge in [-0.3, -0.25) is 0 Å². The fraction of sp³-hybridized carbons (Fsp3) is 0.682. The van der Waals surface area contributed by atoms with Gasteiger partial charge in [-0.2, -0.15) is 0 Å². The molecule has 3 aliphatic carbocycles. The molecule has 1 aromatic rings. The van der Waals surface area contributed by atoms with E-state index in [9.17, 15) is 4.79 Å². The molecule has 27 heavy (non-hydrogen) atoms. The van der Waals surface area contributed by atoms with Crippen molar-refractivity contribution in [1.82, 2.24) is 4.90 Å². The van der Waals surface area contributed by atoms with E-state index in [0.717, 1.165) is 48.0 Å². The van der Waals surface area contributed by atoms with Crippen LogP contribution in [0.5, 0.6) is 11.5 Å². The Bertz CT molecular complexity index is 779. The van der Waals surface area contributed by atoms with E-state index in [1.54, 1.807) is 0 Å². The third-order valence-corrected chi connectivity index (χ3v) is 8.43. The molecule has 0 saturated heterocycles. The molecule has 0 aromatic heterocycles. The van der Waals surface area contributed by atoms with Crippen molar-refractivity contribution in [3.8, 4) is 11.5 Å². The van der Waals surface area contributed by atoms with Gasteiger partial charge in [-0.1, -0.05) is 11.6 Å². The molecule has 0 spiro atoms. The molecule has 1 aliphatic heterocycles. The van der Waals surface area contributed by atoms with Crippen molar-refractivity contribution in [3.05, 3.63) is 21.7 Å². The van der Waals surface area contributed by atoms with Crippen molar-refractivity contribution < 1.29 is 14.3 Å². The Balaban J connectivity index is 1.70. The minimum atomic E-state index is -0.700. The normalized spacial score (nSPS) is 34.3. The van der Waals surface area contributed by atoms with Gasteiger partial charge in [-0.05, 0) is 83.2 Å². The van der Waals surface area contributed by atoms with Gasteiger partial charge in [0.15, 0.2) is 11.5 Å². The van der Waals surface area contributed by atoms with E-state index in [1.807, 2.05) is 13.8 Å². The van der Waals surface area contributed by atoms with Gasteiger partial charge in [-0.15, -0.1) is 0 Å². The van der Waals surface area contributed by atoms with Crippen molar-refractivity contribution in [3.63, 3.8) is 0 Å². The lowest BCUT2D eigenvalue weighted by molar-refractivity contribution is -0.211. The summed E-state index contributed by atoms with van der Waals surface area (Å²) < 4.78 is 13.1. The second kappa shape index (κ2) is 6.12. The molecule has 0 N–H and O–H groups in total. The minimum Gasteiger partial charge on any atom is -0.448 e. The molecule has 5 rings (SSSR count). The highest BCUT2D eigenvalue weighted by atomic mass is 35.5. The number of fused-ring (bicyclic) bond motifs is 4. The van der Waals surface area contributed by atoms with Crippen LogP contribution in [0.1, 0.15) is 62.1 Å². The van der Waals surface area contributed by atoms with E-state index in [2.05, 4.69) is 25.9 Å². The first-order chi connectivity index (χ1) is 12.7. The number of benzene rings is 1. The molecule has 1 heterocycles. The Hall–Kier alpha value is -1.26. The van der Waals surface area contributed by atoms with Crippen molar-refractivity contribution in [1.29, 1.82) is 0 Å². The monoisotopic (exact) mass is 391 g/mol. The highest BCUT2D eigenvalue weighted by molar-refractivity contribution is 6.33. The summed E-state index contributed by atoms with van der Waals surface area (Å²) in [6.07, 6.45) is 8.06. The van der Waals surface area contributed by atoms with E-state index < -0.39 is 5.79 Å². The highest BCUT2D eigenvalue weighted by Crippen LogP contribution is 2.63. The van der Waals surface area contributed by atoms with Gasteiger partial charge in [0.1, 0.15) is 6.29 Å². The van der Waals surface area contributed by atoms with Crippen LogP contribution in [0, 0.1) is 19.3 Å². The van der Waals surface area contributed by atoms with E-state index in [1.165, 1.54) is 19.3 Å². The van der Waals surface area contributed by atoms with Crippen LogP contribution in [0.2, 0.25) is 5.02 Å². The third kappa shape index (κ3) is 2.49. The number of aldehydes is 1. The van der Waals surface area contributed by atoms with Crippen molar-refractivity contribution in [2.75, 3.05) is 14.1 Å².